The van der Waals surface area contributed by atoms with Crippen LogP contribution in [0.15, 0.2) is 24.3 Å². The molecule has 6 heteroatoms. The molecule has 0 N–H and O–H groups in total. The molecule has 0 radical (unpaired) electrons. The van der Waals surface area contributed by atoms with Crippen LogP contribution in [0, 0.1) is 0 Å². The lowest BCUT2D eigenvalue weighted by Gasteiger charge is -2.19. The molecule has 2 atom stereocenters. The van der Waals surface area contributed by atoms with Crippen molar-refractivity contribution in [2.24, 2.45) is 0 Å². The summed E-state index contributed by atoms with van der Waals surface area (Å²) < 4.78 is 32.0. The van der Waals surface area contributed by atoms with E-state index in [1.807, 2.05) is 24.3 Å². The molecule has 0 saturated carbocycles. The highest BCUT2D eigenvalue weighted by atomic mass is 32.2. The van der Waals surface area contributed by atoms with E-state index in [0.29, 0.717) is 13.2 Å². The second-order valence-electron chi connectivity index (χ2n) is 6.01. The van der Waals surface area contributed by atoms with Crippen molar-refractivity contribution < 1.29 is 22.0 Å². The molecule has 1 aromatic carbocycles. The van der Waals surface area contributed by atoms with Crippen LogP contribution in [0.5, 0.6) is 5.75 Å². The summed E-state index contributed by atoms with van der Waals surface area (Å²) >= 11 is -1.78. The first-order valence-electron chi connectivity index (χ1n) is 7.27. The van der Waals surface area contributed by atoms with Gasteiger partial charge in [-0.25, -0.2) is 0 Å². The van der Waals surface area contributed by atoms with Crippen molar-refractivity contribution in [2.45, 2.75) is 39.2 Å². The Morgan fingerprint density at radius 3 is 2.32 bits per heavy atom. The Kier molecular flexibility index (Phi) is 8.03. The first kappa shape index (κ1) is 19.1. The zero-order valence-corrected chi connectivity index (χ0v) is 14.8. The standard InChI is InChI=1S/C16H26O5S/c1-13(21-22(17)20-11-10-18-5)12-19-15-8-6-14(7-9-15)16(2,3)4/h6-9,13H,10-12H2,1-5H3. The molecule has 0 aliphatic rings. The second-order valence-corrected chi connectivity index (χ2v) is 6.85. The minimum absolute atomic E-state index is 0.116. The number of hydrogen-bond donors (Lipinski definition) is 0. The topological polar surface area (TPSA) is 54.0 Å². The number of rotatable bonds is 9. The minimum Gasteiger partial charge on any atom is -0.491 e. The molecule has 1 aromatic rings. The Hall–Kier alpha value is -0.950. The van der Waals surface area contributed by atoms with E-state index >= 15 is 0 Å². The summed E-state index contributed by atoms with van der Waals surface area (Å²) in [5.74, 6) is 0.759. The lowest BCUT2D eigenvalue weighted by molar-refractivity contribution is 0.115. The van der Waals surface area contributed by atoms with E-state index in [2.05, 4.69) is 20.8 Å². The maximum Gasteiger partial charge on any atom is 0.305 e. The van der Waals surface area contributed by atoms with Gasteiger partial charge in [0.25, 0.3) is 0 Å². The van der Waals surface area contributed by atoms with Gasteiger partial charge in [-0.3, -0.25) is 8.37 Å². The van der Waals surface area contributed by atoms with Gasteiger partial charge in [-0.2, -0.15) is 4.21 Å². The summed E-state index contributed by atoms with van der Waals surface area (Å²) in [4.78, 5) is 0. The largest absolute Gasteiger partial charge is 0.491 e. The van der Waals surface area contributed by atoms with Gasteiger partial charge in [0.15, 0.2) is 0 Å². The number of hydrogen-bond acceptors (Lipinski definition) is 5. The van der Waals surface area contributed by atoms with Crippen LogP contribution in [0.3, 0.4) is 0 Å². The third-order valence-electron chi connectivity index (χ3n) is 2.91. The molecule has 0 aromatic heterocycles. The first-order valence-corrected chi connectivity index (χ1v) is 8.27. The Morgan fingerprint density at radius 2 is 1.77 bits per heavy atom. The van der Waals surface area contributed by atoms with Crippen molar-refractivity contribution in [3.63, 3.8) is 0 Å². The summed E-state index contributed by atoms with van der Waals surface area (Å²) in [7, 11) is 1.55. The molecule has 0 heterocycles. The maximum absolute atomic E-state index is 11.5. The van der Waals surface area contributed by atoms with Gasteiger partial charge >= 0.3 is 11.4 Å². The second kappa shape index (κ2) is 9.25. The van der Waals surface area contributed by atoms with Crippen molar-refractivity contribution in [1.82, 2.24) is 0 Å². The van der Waals surface area contributed by atoms with Gasteiger partial charge < -0.3 is 9.47 Å². The first-order chi connectivity index (χ1) is 10.3. The predicted octanol–water partition coefficient (Wildman–Crippen LogP) is 3.01. The predicted molar refractivity (Wildman–Crippen MR) is 87.2 cm³/mol. The van der Waals surface area contributed by atoms with E-state index in [1.54, 1.807) is 14.0 Å². The zero-order valence-electron chi connectivity index (χ0n) is 14.0. The fourth-order valence-electron chi connectivity index (χ4n) is 1.64. The fraction of sp³-hybridized carbons (Fsp3) is 0.625. The molecule has 1 rings (SSSR count). The molecular formula is C16H26O5S. The van der Waals surface area contributed by atoms with Crippen molar-refractivity contribution in [1.29, 1.82) is 0 Å². The highest BCUT2D eigenvalue weighted by Crippen LogP contribution is 2.24. The fourth-order valence-corrected chi connectivity index (χ4v) is 2.22. The summed E-state index contributed by atoms with van der Waals surface area (Å²) in [6.07, 6.45) is -0.342. The monoisotopic (exact) mass is 330 g/mol. The Labute approximate surface area is 135 Å². The Morgan fingerprint density at radius 1 is 1.14 bits per heavy atom. The van der Waals surface area contributed by atoms with E-state index in [4.69, 9.17) is 17.8 Å². The van der Waals surface area contributed by atoms with Crippen LogP contribution < -0.4 is 4.74 Å². The zero-order chi connectivity index (χ0) is 16.6. The van der Waals surface area contributed by atoms with Gasteiger partial charge in [0.05, 0.1) is 13.2 Å². The smallest absolute Gasteiger partial charge is 0.305 e. The van der Waals surface area contributed by atoms with Gasteiger partial charge in [0.1, 0.15) is 18.5 Å². The van der Waals surface area contributed by atoms with Crippen LogP contribution in [0.1, 0.15) is 33.3 Å². The SMILES string of the molecule is COCCOS(=O)OC(C)COc1ccc(C(C)(C)C)cc1. The number of methoxy groups -OCH3 is 1. The summed E-state index contributed by atoms with van der Waals surface area (Å²) in [6.45, 7) is 9.17. The van der Waals surface area contributed by atoms with Crippen molar-refractivity contribution >= 4 is 11.4 Å². The third-order valence-corrected chi connectivity index (χ3v) is 3.76. The molecule has 0 aliphatic heterocycles. The van der Waals surface area contributed by atoms with E-state index in [0.717, 1.165) is 5.75 Å². The molecular weight excluding hydrogens is 304 g/mol. The molecule has 126 valence electrons. The molecule has 22 heavy (non-hydrogen) atoms. The lowest BCUT2D eigenvalue weighted by atomic mass is 9.87. The van der Waals surface area contributed by atoms with Crippen LogP contribution in [-0.2, 0) is 29.9 Å². The molecule has 0 spiro atoms. The van der Waals surface area contributed by atoms with Crippen LogP contribution in [0.4, 0.5) is 0 Å². The van der Waals surface area contributed by atoms with Gasteiger partial charge in [-0.15, -0.1) is 0 Å². The van der Waals surface area contributed by atoms with Crippen molar-refractivity contribution in [2.75, 3.05) is 26.9 Å². The molecule has 0 saturated heterocycles. The lowest BCUT2D eigenvalue weighted by Crippen LogP contribution is -2.21. The summed E-state index contributed by atoms with van der Waals surface area (Å²) in [5, 5.41) is 0. The van der Waals surface area contributed by atoms with Gasteiger partial charge in [0.2, 0.25) is 0 Å². The average molecular weight is 330 g/mol. The van der Waals surface area contributed by atoms with Crippen LogP contribution in [-0.4, -0.2) is 37.2 Å². The van der Waals surface area contributed by atoms with Gasteiger partial charge in [0, 0.05) is 7.11 Å². The van der Waals surface area contributed by atoms with E-state index in [1.165, 1.54) is 5.56 Å². The Bertz CT molecular complexity index is 453. The van der Waals surface area contributed by atoms with Crippen LogP contribution in [0.2, 0.25) is 0 Å². The normalized spacial score (nSPS) is 14.6. The molecule has 0 bridgehead atoms. The van der Waals surface area contributed by atoms with Gasteiger partial charge in [-0.05, 0) is 30.0 Å². The van der Waals surface area contributed by atoms with Gasteiger partial charge in [-0.1, -0.05) is 32.9 Å². The molecule has 0 fully saturated rings. The quantitative estimate of drug-likeness (QED) is 0.652. The number of benzene rings is 1. The highest BCUT2D eigenvalue weighted by molar-refractivity contribution is 7.75. The minimum atomic E-state index is -1.78. The van der Waals surface area contributed by atoms with E-state index in [-0.39, 0.29) is 18.1 Å². The van der Waals surface area contributed by atoms with Crippen molar-refractivity contribution in [3.05, 3.63) is 29.8 Å². The summed E-state index contributed by atoms with van der Waals surface area (Å²) in [6, 6.07) is 7.96. The molecule has 5 nitrogen and oxygen atoms in total. The van der Waals surface area contributed by atoms with Crippen LogP contribution >= 0.6 is 0 Å². The molecule has 2 unspecified atom stereocenters. The maximum atomic E-state index is 11.5. The van der Waals surface area contributed by atoms with E-state index < -0.39 is 11.4 Å². The Balaban J connectivity index is 2.34. The molecule has 0 amide bonds. The third kappa shape index (κ3) is 7.35. The summed E-state index contributed by atoms with van der Waals surface area (Å²) in [5.41, 5.74) is 1.36. The number of ether oxygens (including phenoxy) is 2. The van der Waals surface area contributed by atoms with Crippen LogP contribution in [0.25, 0.3) is 0 Å². The highest BCUT2D eigenvalue weighted by Gasteiger charge is 2.14. The molecule has 0 aliphatic carbocycles. The average Bonchev–Trinajstić information content (AvgIpc) is 2.45. The van der Waals surface area contributed by atoms with E-state index in [9.17, 15) is 4.21 Å². The van der Waals surface area contributed by atoms with Crippen molar-refractivity contribution in [3.8, 4) is 5.75 Å².